The standard InChI is InChI=1S/C31H44O4/c1-17-4-22(28(34-32)30(2)24-8-18-6-19(10-24)11-25(30)9-18)16-23(5-17)29(35-33)31(3)26-12-20-7-21(14-26)15-27(31)13-20/h4-5,16,18-21,24-29,32-33H,6-15H2,1-3H3. The van der Waals surface area contributed by atoms with Gasteiger partial charge in [-0.05, 0) is 130 Å². The quantitative estimate of drug-likeness (QED) is 0.320. The maximum absolute atomic E-state index is 10.4. The molecule has 8 saturated carbocycles. The smallest absolute Gasteiger partial charge is 0.124 e. The summed E-state index contributed by atoms with van der Waals surface area (Å²) in [6.07, 6.45) is 12.5. The van der Waals surface area contributed by atoms with Crippen molar-refractivity contribution in [1.29, 1.82) is 0 Å². The Balaban J connectivity index is 1.25. The van der Waals surface area contributed by atoms with Crippen LogP contribution in [0.1, 0.15) is 107 Å². The molecule has 2 atom stereocenters. The van der Waals surface area contributed by atoms with Gasteiger partial charge < -0.3 is 0 Å². The third-order valence-corrected chi connectivity index (χ3v) is 12.9. The fourth-order valence-electron chi connectivity index (χ4n) is 11.5. The van der Waals surface area contributed by atoms with Crippen molar-refractivity contribution in [1.82, 2.24) is 0 Å². The summed E-state index contributed by atoms with van der Waals surface area (Å²) < 4.78 is 0. The Labute approximate surface area is 210 Å². The lowest BCUT2D eigenvalue weighted by Crippen LogP contribution is -2.54. The van der Waals surface area contributed by atoms with E-state index < -0.39 is 0 Å². The molecule has 9 rings (SSSR count). The molecule has 4 heteroatoms. The van der Waals surface area contributed by atoms with E-state index in [1.54, 1.807) is 0 Å². The maximum Gasteiger partial charge on any atom is 0.124 e. The molecule has 8 fully saturated rings. The molecule has 1 aromatic carbocycles. The zero-order chi connectivity index (χ0) is 24.1. The van der Waals surface area contributed by atoms with Gasteiger partial charge in [-0.2, -0.15) is 0 Å². The largest absolute Gasteiger partial charge is 0.251 e. The molecule has 8 bridgehead atoms. The molecule has 35 heavy (non-hydrogen) atoms. The van der Waals surface area contributed by atoms with Gasteiger partial charge in [0.05, 0.1) is 0 Å². The third kappa shape index (κ3) is 3.25. The Morgan fingerprint density at radius 3 is 1.20 bits per heavy atom. The van der Waals surface area contributed by atoms with E-state index in [1.807, 2.05) is 0 Å². The molecule has 2 N–H and O–H groups in total. The van der Waals surface area contributed by atoms with Crippen molar-refractivity contribution >= 4 is 0 Å². The first-order valence-electron chi connectivity index (χ1n) is 14.5. The van der Waals surface area contributed by atoms with Crippen molar-refractivity contribution < 1.29 is 20.3 Å². The van der Waals surface area contributed by atoms with Gasteiger partial charge in [0.2, 0.25) is 0 Å². The van der Waals surface area contributed by atoms with Gasteiger partial charge in [0.25, 0.3) is 0 Å². The highest BCUT2D eigenvalue weighted by molar-refractivity contribution is 5.35. The molecule has 1 aromatic rings. The SMILES string of the molecule is Cc1cc(C(OO)C2(C)C3CC4CC(C3)CC2C4)cc(C(OO)C2(C)C3CC4CC(C3)CC2C4)c1. The number of rotatable bonds is 6. The van der Waals surface area contributed by atoms with E-state index in [0.29, 0.717) is 23.7 Å². The lowest BCUT2D eigenvalue weighted by molar-refractivity contribution is -0.333. The van der Waals surface area contributed by atoms with Crippen molar-refractivity contribution in [3.05, 3.63) is 34.9 Å². The van der Waals surface area contributed by atoms with Crippen LogP contribution < -0.4 is 0 Å². The molecular weight excluding hydrogens is 436 g/mol. The van der Waals surface area contributed by atoms with Crippen LogP contribution in [0.4, 0.5) is 0 Å². The molecule has 8 aliphatic carbocycles. The molecule has 0 aromatic heterocycles. The summed E-state index contributed by atoms with van der Waals surface area (Å²) in [7, 11) is 0. The molecule has 192 valence electrons. The van der Waals surface area contributed by atoms with Crippen LogP contribution in [0.5, 0.6) is 0 Å². The molecule has 4 nitrogen and oxygen atoms in total. The molecular formula is C31H44O4. The zero-order valence-corrected chi connectivity index (χ0v) is 21.8. The highest BCUT2D eigenvalue weighted by atomic mass is 17.1. The molecule has 2 unspecified atom stereocenters. The van der Waals surface area contributed by atoms with Crippen molar-refractivity contribution in [2.45, 2.75) is 97.2 Å². The van der Waals surface area contributed by atoms with Crippen LogP contribution in [0, 0.1) is 65.1 Å². The van der Waals surface area contributed by atoms with Gasteiger partial charge in [-0.1, -0.05) is 37.6 Å². The molecule has 0 radical (unpaired) electrons. The van der Waals surface area contributed by atoms with E-state index in [9.17, 15) is 10.5 Å². The topological polar surface area (TPSA) is 58.9 Å². The minimum Gasteiger partial charge on any atom is -0.251 e. The second-order valence-electron chi connectivity index (χ2n) is 14.5. The summed E-state index contributed by atoms with van der Waals surface area (Å²) in [5.74, 6) is 5.98. The third-order valence-electron chi connectivity index (χ3n) is 12.9. The highest BCUT2D eigenvalue weighted by Gasteiger charge is 2.60. The predicted molar refractivity (Wildman–Crippen MR) is 134 cm³/mol. The second kappa shape index (κ2) is 8.03. The fraction of sp³-hybridized carbons (Fsp3) is 0.806. The van der Waals surface area contributed by atoms with E-state index in [1.165, 1.54) is 64.2 Å². The lowest BCUT2D eigenvalue weighted by Gasteiger charge is -2.62. The van der Waals surface area contributed by atoms with Gasteiger partial charge in [0, 0.05) is 10.8 Å². The summed E-state index contributed by atoms with van der Waals surface area (Å²) >= 11 is 0. The number of aryl methyl sites for hydroxylation is 1. The predicted octanol–water partition coefficient (Wildman–Crippen LogP) is 7.98. The van der Waals surface area contributed by atoms with Gasteiger partial charge >= 0.3 is 0 Å². The van der Waals surface area contributed by atoms with Gasteiger partial charge in [-0.25, -0.2) is 9.78 Å². The van der Waals surface area contributed by atoms with E-state index in [2.05, 4.69) is 39.0 Å². The number of hydrogen-bond acceptors (Lipinski definition) is 4. The van der Waals surface area contributed by atoms with E-state index in [4.69, 9.17) is 9.78 Å². The molecule has 0 saturated heterocycles. The van der Waals surface area contributed by atoms with Crippen LogP contribution in [0.25, 0.3) is 0 Å². The van der Waals surface area contributed by atoms with Crippen LogP contribution >= 0.6 is 0 Å². The second-order valence-corrected chi connectivity index (χ2v) is 14.5. The van der Waals surface area contributed by atoms with Crippen molar-refractivity contribution in [3.63, 3.8) is 0 Å². The minimum absolute atomic E-state index is 0.0463. The first-order chi connectivity index (χ1) is 16.8. The maximum atomic E-state index is 10.4. The van der Waals surface area contributed by atoms with E-state index in [0.717, 1.165) is 40.4 Å². The Kier molecular flexibility index (Phi) is 5.32. The fourth-order valence-corrected chi connectivity index (χ4v) is 11.5. The van der Waals surface area contributed by atoms with Crippen LogP contribution in [-0.2, 0) is 9.78 Å². The summed E-state index contributed by atoms with van der Waals surface area (Å²) in [5, 5.41) is 20.8. The number of benzene rings is 1. The average Bonchev–Trinajstić information content (AvgIpc) is 2.81. The first kappa shape index (κ1) is 23.2. The van der Waals surface area contributed by atoms with Crippen LogP contribution in [-0.4, -0.2) is 10.5 Å². The van der Waals surface area contributed by atoms with Crippen molar-refractivity contribution in [2.75, 3.05) is 0 Å². The Bertz CT molecular complexity index is 854. The molecule has 0 aliphatic heterocycles. The molecule has 0 heterocycles. The summed E-state index contributed by atoms with van der Waals surface area (Å²) in [4.78, 5) is 10.9. The number of hydrogen-bond donors (Lipinski definition) is 2. The van der Waals surface area contributed by atoms with Gasteiger partial charge in [-0.3, -0.25) is 10.5 Å². The molecule has 8 aliphatic rings. The Hall–Kier alpha value is -0.940. The summed E-state index contributed by atoms with van der Waals surface area (Å²) in [6.45, 7) is 6.92. The molecule has 0 amide bonds. The normalized spacial score (nSPS) is 48.9. The molecule has 0 spiro atoms. The van der Waals surface area contributed by atoms with Crippen molar-refractivity contribution in [2.24, 2.45) is 58.2 Å². The van der Waals surface area contributed by atoms with E-state index >= 15 is 0 Å². The van der Waals surface area contributed by atoms with Gasteiger partial charge in [-0.15, -0.1) is 0 Å². The summed E-state index contributed by atoms with van der Waals surface area (Å²) in [5.41, 5.74) is 3.19. The monoisotopic (exact) mass is 480 g/mol. The van der Waals surface area contributed by atoms with Crippen LogP contribution in [0.3, 0.4) is 0 Å². The van der Waals surface area contributed by atoms with Crippen LogP contribution in [0.2, 0.25) is 0 Å². The Morgan fingerprint density at radius 1 is 0.600 bits per heavy atom. The van der Waals surface area contributed by atoms with Crippen LogP contribution in [0.15, 0.2) is 18.2 Å². The summed E-state index contributed by atoms with van der Waals surface area (Å²) in [6, 6.07) is 6.62. The highest BCUT2D eigenvalue weighted by Crippen LogP contribution is 2.68. The Morgan fingerprint density at radius 2 is 0.914 bits per heavy atom. The average molecular weight is 481 g/mol. The van der Waals surface area contributed by atoms with Crippen molar-refractivity contribution in [3.8, 4) is 0 Å². The minimum atomic E-state index is -0.332. The van der Waals surface area contributed by atoms with E-state index in [-0.39, 0.29) is 23.0 Å². The van der Waals surface area contributed by atoms with Gasteiger partial charge in [0.1, 0.15) is 12.2 Å². The lowest BCUT2D eigenvalue weighted by atomic mass is 9.43. The first-order valence-corrected chi connectivity index (χ1v) is 14.5. The van der Waals surface area contributed by atoms with Gasteiger partial charge in [0.15, 0.2) is 0 Å². The zero-order valence-electron chi connectivity index (χ0n) is 21.8.